The molecule has 0 fully saturated rings. The fourth-order valence-corrected chi connectivity index (χ4v) is 3.29. The summed E-state index contributed by atoms with van der Waals surface area (Å²) < 4.78 is 0. The van der Waals surface area contributed by atoms with Crippen LogP contribution in [0.15, 0.2) is 6.07 Å². The lowest BCUT2D eigenvalue weighted by Gasteiger charge is -2.28. The summed E-state index contributed by atoms with van der Waals surface area (Å²) in [6, 6.07) is 2.64. The maximum atomic E-state index is 4.80. The normalized spacial score (nSPS) is 11.3. The molecule has 0 radical (unpaired) electrons. The monoisotopic (exact) mass is 306 g/mol. The number of rotatable bonds is 7. The van der Waals surface area contributed by atoms with Crippen LogP contribution in [0.3, 0.4) is 0 Å². The number of fused-ring (bicyclic) bond motifs is 1. The van der Waals surface area contributed by atoms with Gasteiger partial charge >= 0.3 is 0 Å². The molecule has 0 bridgehead atoms. The van der Waals surface area contributed by atoms with Crippen LogP contribution >= 0.6 is 11.3 Å². The fourth-order valence-electron chi connectivity index (χ4n) is 2.41. The number of thiophene rings is 1. The van der Waals surface area contributed by atoms with E-state index in [-0.39, 0.29) is 0 Å². The van der Waals surface area contributed by atoms with Crippen LogP contribution in [0.4, 0.5) is 11.8 Å². The second-order valence-electron chi connectivity index (χ2n) is 5.66. The highest BCUT2D eigenvalue weighted by molar-refractivity contribution is 7.18. The van der Waals surface area contributed by atoms with Crippen molar-refractivity contribution in [1.82, 2.24) is 9.97 Å². The maximum Gasteiger partial charge on any atom is 0.226 e. The SMILES string of the molecule is CCCNc1nc(N(CCC)C(C)C)c2cc(C)sc2n1. The first kappa shape index (κ1) is 16.0. The number of anilines is 2. The Labute approximate surface area is 131 Å². The van der Waals surface area contributed by atoms with Gasteiger partial charge in [0.25, 0.3) is 0 Å². The van der Waals surface area contributed by atoms with Crippen LogP contribution in [-0.2, 0) is 0 Å². The van der Waals surface area contributed by atoms with Crippen molar-refractivity contribution in [1.29, 1.82) is 0 Å². The first-order valence-corrected chi connectivity index (χ1v) is 8.67. The molecule has 0 aliphatic carbocycles. The number of aryl methyl sites for hydroxylation is 1. The Kier molecular flexibility index (Phi) is 5.39. The van der Waals surface area contributed by atoms with Crippen LogP contribution in [0.25, 0.3) is 10.2 Å². The zero-order chi connectivity index (χ0) is 15.4. The molecule has 0 saturated carbocycles. The smallest absolute Gasteiger partial charge is 0.226 e. The van der Waals surface area contributed by atoms with Gasteiger partial charge in [-0.15, -0.1) is 11.3 Å². The van der Waals surface area contributed by atoms with Gasteiger partial charge in [-0.2, -0.15) is 4.98 Å². The van der Waals surface area contributed by atoms with Gasteiger partial charge in [-0.05, 0) is 39.7 Å². The van der Waals surface area contributed by atoms with Crippen molar-refractivity contribution in [3.63, 3.8) is 0 Å². The van der Waals surface area contributed by atoms with Crippen molar-refractivity contribution < 1.29 is 0 Å². The Morgan fingerprint density at radius 3 is 2.62 bits per heavy atom. The Bertz CT molecular complexity index is 591. The average Bonchev–Trinajstić information content (AvgIpc) is 2.81. The Balaban J connectivity index is 2.51. The number of aromatic nitrogens is 2. The van der Waals surface area contributed by atoms with E-state index in [1.54, 1.807) is 11.3 Å². The standard InChI is InChI=1S/C16H26N4S/c1-6-8-17-16-18-14(20(9-7-2)11(3)4)13-10-12(5)21-15(13)19-16/h10-11H,6-9H2,1-5H3,(H,17,18,19). The van der Waals surface area contributed by atoms with E-state index in [1.807, 2.05) is 0 Å². The second kappa shape index (κ2) is 7.07. The van der Waals surface area contributed by atoms with E-state index in [0.29, 0.717) is 6.04 Å². The van der Waals surface area contributed by atoms with Crippen LogP contribution in [0.1, 0.15) is 45.4 Å². The van der Waals surface area contributed by atoms with Gasteiger partial charge in [-0.25, -0.2) is 4.98 Å². The fraction of sp³-hybridized carbons (Fsp3) is 0.625. The minimum Gasteiger partial charge on any atom is -0.354 e. The van der Waals surface area contributed by atoms with Crippen LogP contribution < -0.4 is 10.2 Å². The molecule has 2 aromatic heterocycles. The molecule has 21 heavy (non-hydrogen) atoms. The van der Waals surface area contributed by atoms with Crippen LogP contribution in [0, 0.1) is 6.92 Å². The third-order valence-electron chi connectivity index (χ3n) is 3.39. The molecule has 2 heterocycles. The minimum absolute atomic E-state index is 0.433. The molecule has 0 saturated heterocycles. The molecule has 2 aromatic rings. The minimum atomic E-state index is 0.433. The van der Waals surface area contributed by atoms with Crippen molar-refractivity contribution >= 4 is 33.3 Å². The molecule has 0 aliphatic heterocycles. The van der Waals surface area contributed by atoms with Gasteiger partial charge in [0, 0.05) is 24.0 Å². The van der Waals surface area contributed by atoms with Gasteiger partial charge in [-0.1, -0.05) is 13.8 Å². The largest absolute Gasteiger partial charge is 0.354 e. The molecule has 116 valence electrons. The quantitative estimate of drug-likeness (QED) is 0.820. The summed E-state index contributed by atoms with van der Waals surface area (Å²) in [5.74, 6) is 1.82. The maximum absolute atomic E-state index is 4.80. The van der Waals surface area contributed by atoms with Gasteiger partial charge in [0.05, 0.1) is 5.39 Å². The molecule has 0 amide bonds. The lowest BCUT2D eigenvalue weighted by atomic mass is 10.2. The summed E-state index contributed by atoms with van der Waals surface area (Å²) >= 11 is 1.74. The zero-order valence-corrected chi connectivity index (χ0v) is 14.5. The molecule has 4 nitrogen and oxygen atoms in total. The summed E-state index contributed by atoms with van der Waals surface area (Å²) in [7, 11) is 0. The number of nitrogens with one attached hydrogen (secondary N) is 1. The van der Waals surface area contributed by atoms with E-state index < -0.39 is 0 Å². The summed E-state index contributed by atoms with van der Waals surface area (Å²) in [5, 5.41) is 4.51. The first-order valence-electron chi connectivity index (χ1n) is 7.85. The molecule has 0 unspecified atom stereocenters. The summed E-state index contributed by atoms with van der Waals surface area (Å²) in [5.41, 5.74) is 0. The van der Waals surface area contributed by atoms with Gasteiger partial charge < -0.3 is 10.2 Å². The number of hydrogen-bond acceptors (Lipinski definition) is 5. The van der Waals surface area contributed by atoms with Gasteiger partial charge in [0.15, 0.2) is 0 Å². The van der Waals surface area contributed by atoms with Crippen LogP contribution in [0.2, 0.25) is 0 Å². The van der Waals surface area contributed by atoms with Crippen molar-refractivity contribution in [3.8, 4) is 0 Å². The molecule has 2 rings (SSSR count). The second-order valence-corrected chi connectivity index (χ2v) is 6.90. The first-order chi connectivity index (χ1) is 10.1. The van der Waals surface area contributed by atoms with E-state index in [9.17, 15) is 0 Å². The number of nitrogens with zero attached hydrogens (tertiary/aromatic N) is 3. The predicted molar refractivity (Wildman–Crippen MR) is 93.7 cm³/mol. The van der Waals surface area contributed by atoms with Crippen molar-refractivity contribution in [2.24, 2.45) is 0 Å². The lowest BCUT2D eigenvalue weighted by Crippen LogP contribution is -2.32. The van der Waals surface area contributed by atoms with E-state index >= 15 is 0 Å². The van der Waals surface area contributed by atoms with E-state index in [1.165, 1.54) is 10.3 Å². The highest BCUT2D eigenvalue weighted by Gasteiger charge is 2.18. The Hall–Kier alpha value is -1.36. The van der Waals surface area contributed by atoms with E-state index in [2.05, 4.69) is 55.9 Å². The van der Waals surface area contributed by atoms with Crippen LogP contribution in [0.5, 0.6) is 0 Å². The average molecular weight is 306 g/mol. The summed E-state index contributed by atoms with van der Waals surface area (Å²) in [6.07, 6.45) is 2.19. The third-order valence-corrected chi connectivity index (χ3v) is 4.33. The third kappa shape index (κ3) is 3.64. The molecule has 5 heteroatoms. The van der Waals surface area contributed by atoms with Crippen molar-refractivity contribution in [2.75, 3.05) is 23.3 Å². The molecule has 0 aliphatic rings. The van der Waals surface area contributed by atoms with E-state index in [0.717, 1.165) is 42.5 Å². The number of hydrogen-bond donors (Lipinski definition) is 1. The highest BCUT2D eigenvalue weighted by atomic mass is 32.1. The topological polar surface area (TPSA) is 41.1 Å². The lowest BCUT2D eigenvalue weighted by molar-refractivity contribution is 0.664. The molecular weight excluding hydrogens is 280 g/mol. The van der Waals surface area contributed by atoms with Crippen molar-refractivity contribution in [3.05, 3.63) is 10.9 Å². The Morgan fingerprint density at radius 1 is 1.24 bits per heavy atom. The van der Waals surface area contributed by atoms with Gasteiger partial charge in [-0.3, -0.25) is 0 Å². The molecule has 1 N–H and O–H groups in total. The predicted octanol–water partition coefficient (Wildman–Crippen LogP) is 4.45. The van der Waals surface area contributed by atoms with Crippen LogP contribution in [-0.4, -0.2) is 29.1 Å². The van der Waals surface area contributed by atoms with Gasteiger partial charge in [0.2, 0.25) is 5.95 Å². The van der Waals surface area contributed by atoms with Crippen molar-refractivity contribution in [2.45, 2.75) is 53.5 Å². The summed E-state index contributed by atoms with van der Waals surface area (Å²) in [6.45, 7) is 12.9. The van der Waals surface area contributed by atoms with E-state index in [4.69, 9.17) is 4.98 Å². The zero-order valence-electron chi connectivity index (χ0n) is 13.7. The highest BCUT2D eigenvalue weighted by Crippen LogP contribution is 2.32. The van der Waals surface area contributed by atoms with Gasteiger partial charge in [0.1, 0.15) is 10.6 Å². The Morgan fingerprint density at radius 2 is 2.00 bits per heavy atom. The summed E-state index contributed by atoms with van der Waals surface area (Å²) in [4.78, 5) is 14.2. The molecule has 0 aromatic carbocycles. The molecule has 0 spiro atoms. The molecular formula is C16H26N4S. The molecule has 0 atom stereocenters.